The molecule has 0 aliphatic carbocycles. The van der Waals surface area contributed by atoms with Gasteiger partial charge in [0, 0.05) is 10.9 Å². The SMILES string of the molecule is COc1ccc(-c2nc3ccc(C)cc3c(-c3ccc(O)c(OC)c3)c2C)cc1. The molecule has 4 rings (SSSR count). The molecule has 146 valence electrons. The van der Waals surface area contributed by atoms with E-state index in [-0.39, 0.29) is 5.75 Å². The highest BCUT2D eigenvalue weighted by Gasteiger charge is 2.16. The minimum Gasteiger partial charge on any atom is -0.504 e. The van der Waals surface area contributed by atoms with Gasteiger partial charge in [-0.1, -0.05) is 17.7 Å². The Labute approximate surface area is 170 Å². The minimum absolute atomic E-state index is 0.124. The molecule has 0 saturated heterocycles. The van der Waals surface area contributed by atoms with Crippen LogP contribution in [-0.2, 0) is 0 Å². The van der Waals surface area contributed by atoms with Crippen LogP contribution >= 0.6 is 0 Å². The Bertz CT molecular complexity index is 1200. The molecule has 0 unspecified atom stereocenters. The van der Waals surface area contributed by atoms with Crippen LogP contribution in [0.2, 0.25) is 0 Å². The average Bonchev–Trinajstić information content (AvgIpc) is 2.74. The third-order valence-corrected chi connectivity index (χ3v) is 5.22. The number of aromatic nitrogens is 1. The Morgan fingerprint density at radius 3 is 2.21 bits per heavy atom. The molecule has 4 nitrogen and oxygen atoms in total. The molecule has 1 aromatic heterocycles. The lowest BCUT2D eigenvalue weighted by atomic mass is 9.92. The highest BCUT2D eigenvalue weighted by Crippen LogP contribution is 2.40. The van der Waals surface area contributed by atoms with Gasteiger partial charge in [-0.2, -0.15) is 0 Å². The van der Waals surface area contributed by atoms with Crippen LogP contribution in [0.15, 0.2) is 60.7 Å². The lowest BCUT2D eigenvalue weighted by molar-refractivity contribution is 0.373. The van der Waals surface area contributed by atoms with E-state index >= 15 is 0 Å². The molecule has 4 heteroatoms. The van der Waals surface area contributed by atoms with Crippen molar-refractivity contribution in [3.8, 4) is 39.6 Å². The molecular weight excluding hydrogens is 362 g/mol. The Balaban J connectivity index is 2.03. The number of hydrogen-bond acceptors (Lipinski definition) is 4. The first-order chi connectivity index (χ1) is 14.0. The summed E-state index contributed by atoms with van der Waals surface area (Å²) in [7, 11) is 3.22. The first-order valence-electron chi connectivity index (χ1n) is 9.44. The molecule has 1 heterocycles. The van der Waals surface area contributed by atoms with E-state index in [1.165, 1.54) is 5.56 Å². The minimum atomic E-state index is 0.124. The second-order valence-electron chi connectivity index (χ2n) is 7.10. The molecule has 0 fully saturated rings. The van der Waals surface area contributed by atoms with Crippen molar-refractivity contribution in [1.82, 2.24) is 4.98 Å². The number of benzene rings is 3. The quantitative estimate of drug-likeness (QED) is 0.474. The lowest BCUT2D eigenvalue weighted by Crippen LogP contribution is -1.96. The largest absolute Gasteiger partial charge is 0.504 e. The van der Waals surface area contributed by atoms with Gasteiger partial charge < -0.3 is 14.6 Å². The van der Waals surface area contributed by atoms with Crippen molar-refractivity contribution >= 4 is 10.9 Å². The van der Waals surface area contributed by atoms with Crippen LogP contribution in [0.4, 0.5) is 0 Å². The first kappa shape index (κ1) is 18.8. The fourth-order valence-corrected chi connectivity index (χ4v) is 3.71. The summed E-state index contributed by atoms with van der Waals surface area (Å²) in [5.74, 6) is 1.38. The second kappa shape index (κ2) is 7.47. The zero-order chi connectivity index (χ0) is 20.5. The summed E-state index contributed by atoms with van der Waals surface area (Å²) in [4.78, 5) is 4.97. The topological polar surface area (TPSA) is 51.6 Å². The van der Waals surface area contributed by atoms with Crippen molar-refractivity contribution in [2.45, 2.75) is 13.8 Å². The number of phenols is 1. The monoisotopic (exact) mass is 385 g/mol. The maximum atomic E-state index is 10.0. The number of methoxy groups -OCH3 is 2. The average molecular weight is 385 g/mol. The van der Waals surface area contributed by atoms with Gasteiger partial charge in [-0.05, 0) is 79.1 Å². The predicted octanol–water partition coefficient (Wildman–Crippen LogP) is 5.91. The molecule has 4 aromatic rings. The molecule has 0 spiro atoms. The summed E-state index contributed by atoms with van der Waals surface area (Å²) >= 11 is 0. The van der Waals surface area contributed by atoms with Crippen LogP contribution in [0, 0.1) is 13.8 Å². The summed E-state index contributed by atoms with van der Waals surface area (Å²) < 4.78 is 10.6. The van der Waals surface area contributed by atoms with Crippen LogP contribution in [0.25, 0.3) is 33.3 Å². The Hall–Kier alpha value is -3.53. The molecule has 0 saturated carbocycles. The maximum Gasteiger partial charge on any atom is 0.161 e. The number of fused-ring (bicyclic) bond motifs is 1. The molecule has 3 aromatic carbocycles. The van der Waals surface area contributed by atoms with Crippen LogP contribution in [-0.4, -0.2) is 24.3 Å². The third kappa shape index (κ3) is 3.38. The van der Waals surface area contributed by atoms with Gasteiger partial charge >= 0.3 is 0 Å². The first-order valence-corrected chi connectivity index (χ1v) is 9.44. The Morgan fingerprint density at radius 2 is 1.52 bits per heavy atom. The van der Waals surface area contributed by atoms with Crippen LogP contribution in [0.1, 0.15) is 11.1 Å². The third-order valence-electron chi connectivity index (χ3n) is 5.22. The Kier molecular flexibility index (Phi) is 4.85. The van der Waals surface area contributed by atoms with E-state index in [4.69, 9.17) is 14.5 Å². The van der Waals surface area contributed by atoms with E-state index in [1.807, 2.05) is 36.4 Å². The number of pyridine rings is 1. The molecule has 0 amide bonds. The molecule has 0 aliphatic rings. The van der Waals surface area contributed by atoms with Gasteiger partial charge in [0.05, 0.1) is 25.4 Å². The van der Waals surface area contributed by atoms with Crippen molar-refractivity contribution in [2.24, 2.45) is 0 Å². The number of hydrogen-bond donors (Lipinski definition) is 1. The lowest BCUT2D eigenvalue weighted by Gasteiger charge is -2.17. The van der Waals surface area contributed by atoms with Gasteiger partial charge in [0.1, 0.15) is 5.75 Å². The number of aryl methyl sites for hydroxylation is 1. The van der Waals surface area contributed by atoms with Gasteiger partial charge in [-0.3, -0.25) is 0 Å². The number of phenolic OH excluding ortho intramolecular Hbond substituents is 1. The summed E-state index contributed by atoms with van der Waals surface area (Å²) in [6.45, 7) is 4.16. The van der Waals surface area contributed by atoms with Gasteiger partial charge in [0.15, 0.2) is 11.5 Å². The zero-order valence-corrected chi connectivity index (χ0v) is 17.0. The standard InChI is InChI=1S/C25H23NO3/c1-15-5-11-21-20(13-15)24(18-8-12-22(27)23(14-18)29-4)16(2)25(26-21)17-6-9-19(28-3)10-7-17/h5-14,27H,1-4H3. The zero-order valence-electron chi connectivity index (χ0n) is 17.0. The van der Waals surface area contributed by atoms with Gasteiger partial charge in [-0.25, -0.2) is 4.98 Å². The summed E-state index contributed by atoms with van der Waals surface area (Å²) in [6, 6.07) is 19.7. The van der Waals surface area contributed by atoms with E-state index in [0.29, 0.717) is 5.75 Å². The van der Waals surface area contributed by atoms with Gasteiger partial charge in [-0.15, -0.1) is 0 Å². The molecular formula is C25H23NO3. The number of nitrogens with zero attached hydrogens (tertiary/aromatic N) is 1. The van der Waals surface area contributed by atoms with Crippen LogP contribution in [0.3, 0.4) is 0 Å². The summed E-state index contributed by atoms with van der Waals surface area (Å²) in [6.07, 6.45) is 0. The van der Waals surface area contributed by atoms with Crippen molar-refractivity contribution in [1.29, 1.82) is 0 Å². The number of aromatic hydroxyl groups is 1. The molecule has 0 radical (unpaired) electrons. The van der Waals surface area contributed by atoms with E-state index in [2.05, 4.69) is 32.0 Å². The van der Waals surface area contributed by atoms with Gasteiger partial charge in [0.25, 0.3) is 0 Å². The molecule has 0 aliphatic heterocycles. The number of ether oxygens (including phenoxy) is 2. The number of rotatable bonds is 4. The highest BCUT2D eigenvalue weighted by molar-refractivity contribution is 5.99. The van der Waals surface area contributed by atoms with E-state index < -0.39 is 0 Å². The molecule has 29 heavy (non-hydrogen) atoms. The van der Waals surface area contributed by atoms with Crippen molar-refractivity contribution < 1.29 is 14.6 Å². The van der Waals surface area contributed by atoms with Crippen LogP contribution in [0.5, 0.6) is 17.2 Å². The molecule has 0 atom stereocenters. The normalized spacial score (nSPS) is 10.9. The fraction of sp³-hybridized carbons (Fsp3) is 0.160. The molecule has 1 N–H and O–H groups in total. The second-order valence-corrected chi connectivity index (χ2v) is 7.10. The van der Waals surface area contributed by atoms with Crippen molar-refractivity contribution in [3.05, 3.63) is 71.8 Å². The van der Waals surface area contributed by atoms with E-state index in [0.717, 1.165) is 44.6 Å². The smallest absolute Gasteiger partial charge is 0.161 e. The Morgan fingerprint density at radius 1 is 0.793 bits per heavy atom. The summed E-state index contributed by atoms with van der Waals surface area (Å²) in [5, 5.41) is 11.1. The fourth-order valence-electron chi connectivity index (χ4n) is 3.71. The maximum absolute atomic E-state index is 10.0. The van der Waals surface area contributed by atoms with Gasteiger partial charge in [0.2, 0.25) is 0 Å². The van der Waals surface area contributed by atoms with Crippen LogP contribution < -0.4 is 9.47 Å². The molecule has 0 bridgehead atoms. The van der Waals surface area contributed by atoms with E-state index in [9.17, 15) is 5.11 Å². The van der Waals surface area contributed by atoms with Crippen molar-refractivity contribution in [3.63, 3.8) is 0 Å². The predicted molar refractivity (Wildman–Crippen MR) is 117 cm³/mol. The van der Waals surface area contributed by atoms with E-state index in [1.54, 1.807) is 20.3 Å². The van der Waals surface area contributed by atoms with Crippen molar-refractivity contribution in [2.75, 3.05) is 14.2 Å². The highest BCUT2D eigenvalue weighted by atomic mass is 16.5. The summed E-state index contributed by atoms with van der Waals surface area (Å²) in [5.41, 5.74) is 7.18.